The number of fused-ring (bicyclic) bond motifs is 1. The molecule has 2 aromatic rings. The van der Waals surface area contributed by atoms with E-state index in [1.54, 1.807) is 0 Å². The minimum atomic E-state index is -0.309. The third kappa shape index (κ3) is 5.42. The molecule has 2 N–H and O–H groups in total. The van der Waals surface area contributed by atoms with E-state index < -0.39 is 0 Å². The topological polar surface area (TPSA) is 58.2 Å². The summed E-state index contributed by atoms with van der Waals surface area (Å²) in [6, 6.07) is 11.6. The van der Waals surface area contributed by atoms with Gasteiger partial charge in [-0.15, -0.1) is 11.8 Å². The summed E-state index contributed by atoms with van der Waals surface area (Å²) in [4.78, 5) is 24.6. The van der Waals surface area contributed by atoms with Crippen molar-refractivity contribution in [2.75, 3.05) is 12.3 Å². The van der Waals surface area contributed by atoms with Crippen LogP contribution in [0.25, 0.3) is 10.8 Å². The van der Waals surface area contributed by atoms with E-state index in [9.17, 15) is 9.59 Å². The van der Waals surface area contributed by atoms with E-state index in [0.29, 0.717) is 5.02 Å². The molecule has 0 aliphatic carbocycles. The fraction of sp³-hybridized carbons (Fsp3) is 0.333. The van der Waals surface area contributed by atoms with Gasteiger partial charge in [0, 0.05) is 20.8 Å². The van der Waals surface area contributed by atoms with E-state index in [2.05, 4.69) is 10.6 Å². The maximum Gasteiger partial charge on any atom is 0.239 e. The van der Waals surface area contributed by atoms with Crippen molar-refractivity contribution in [1.29, 1.82) is 0 Å². The van der Waals surface area contributed by atoms with Crippen molar-refractivity contribution >= 4 is 45.9 Å². The molecular weight excluding hydrogens is 344 g/mol. The van der Waals surface area contributed by atoms with E-state index in [1.165, 1.54) is 11.8 Å². The number of benzene rings is 2. The van der Waals surface area contributed by atoms with E-state index >= 15 is 0 Å². The fourth-order valence-electron chi connectivity index (χ4n) is 2.22. The highest BCUT2D eigenvalue weighted by Crippen LogP contribution is 2.32. The van der Waals surface area contributed by atoms with Crippen LogP contribution in [-0.2, 0) is 9.59 Å². The maximum atomic E-state index is 12.0. The summed E-state index contributed by atoms with van der Waals surface area (Å²) in [5.41, 5.74) is -0.309. The number of hydrogen-bond acceptors (Lipinski definition) is 3. The van der Waals surface area contributed by atoms with Gasteiger partial charge in [-0.3, -0.25) is 9.59 Å². The summed E-state index contributed by atoms with van der Waals surface area (Å²) in [7, 11) is 0. The van der Waals surface area contributed by atoms with Crippen molar-refractivity contribution in [3.63, 3.8) is 0 Å². The summed E-state index contributed by atoms with van der Waals surface area (Å²) in [6.45, 7) is 5.67. The molecule has 0 radical (unpaired) electrons. The Kier molecular flexibility index (Phi) is 6.13. The predicted molar refractivity (Wildman–Crippen MR) is 101 cm³/mol. The zero-order chi connectivity index (χ0) is 17.7. The van der Waals surface area contributed by atoms with Gasteiger partial charge in [-0.25, -0.2) is 0 Å². The zero-order valence-electron chi connectivity index (χ0n) is 14.0. The number of amides is 2. The molecule has 0 saturated carbocycles. The van der Waals surface area contributed by atoms with Crippen molar-refractivity contribution in [2.45, 2.75) is 31.2 Å². The largest absolute Gasteiger partial charge is 0.350 e. The molecular formula is C18H21ClN2O2S. The van der Waals surface area contributed by atoms with Crippen LogP contribution in [0.3, 0.4) is 0 Å². The minimum absolute atomic E-state index is 0.0209. The first kappa shape index (κ1) is 18.6. The zero-order valence-corrected chi connectivity index (χ0v) is 15.6. The van der Waals surface area contributed by atoms with Gasteiger partial charge in [-0.2, -0.15) is 0 Å². The van der Waals surface area contributed by atoms with E-state index in [-0.39, 0.29) is 29.7 Å². The first-order valence-electron chi connectivity index (χ1n) is 7.64. The normalized spacial score (nSPS) is 11.3. The summed E-state index contributed by atoms with van der Waals surface area (Å²) in [5.74, 6) is -0.158. The van der Waals surface area contributed by atoms with Crippen LogP contribution in [0.4, 0.5) is 0 Å². The Morgan fingerprint density at radius 2 is 1.75 bits per heavy atom. The van der Waals surface area contributed by atoms with Gasteiger partial charge >= 0.3 is 0 Å². The summed E-state index contributed by atoms with van der Waals surface area (Å²) < 4.78 is 0. The number of carbonyl (C=O) groups excluding carboxylic acids is 2. The Balaban J connectivity index is 1.92. The molecule has 0 aliphatic heterocycles. The fourth-order valence-corrected chi connectivity index (χ4v) is 3.49. The summed E-state index contributed by atoms with van der Waals surface area (Å²) in [5, 5.41) is 8.09. The molecule has 0 aliphatic rings. The lowest BCUT2D eigenvalue weighted by Gasteiger charge is -2.20. The quantitative estimate of drug-likeness (QED) is 0.797. The molecule has 2 amide bonds. The molecule has 6 heteroatoms. The molecule has 0 bridgehead atoms. The second-order valence-corrected chi connectivity index (χ2v) is 7.88. The van der Waals surface area contributed by atoms with Crippen LogP contribution >= 0.6 is 23.4 Å². The lowest BCUT2D eigenvalue weighted by molar-refractivity contribution is -0.125. The van der Waals surface area contributed by atoms with Gasteiger partial charge in [-0.05, 0) is 38.3 Å². The van der Waals surface area contributed by atoms with Gasteiger partial charge in [0.1, 0.15) is 0 Å². The molecule has 2 aromatic carbocycles. The molecule has 0 unspecified atom stereocenters. The number of carbonyl (C=O) groups is 2. The Morgan fingerprint density at radius 3 is 2.42 bits per heavy atom. The van der Waals surface area contributed by atoms with Crippen LogP contribution in [-0.4, -0.2) is 29.7 Å². The average molecular weight is 365 g/mol. The second kappa shape index (κ2) is 7.90. The molecule has 0 aromatic heterocycles. The van der Waals surface area contributed by atoms with E-state index in [4.69, 9.17) is 11.6 Å². The molecule has 0 fully saturated rings. The van der Waals surface area contributed by atoms with Gasteiger partial charge in [0.05, 0.1) is 12.3 Å². The van der Waals surface area contributed by atoms with Gasteiger partial charge in [0.2, 0.25) is 11.8 Å². The highest BCUT2D eigenvalue weighted by atomic mass is 35.5. The van der Waals surface area contributed by atoms with Crippen molar-refractivity contribution in [2.24, 2.45) is 0 Å². The number of halogens is 1. The van der Waals surface area contributed by atoms with Crippen LogP contribution in [0, 0.1) is 0 Å². The number of rotatable bonds is 5. The van der Waals surface area contributed by atoms with Crippen LogP contribution in [0.5, 0.6) is 0 Å². The molecule has 0 heterocycles. The Labute approximate surface area is 151 Å². The predicted octanol–water partition coefficient (Wildman–Crippen LogP) is 3.62. The van der Waals surface area contributed by atoms with Gasteiger partial charge in [0.25, 0.3) is 0 Å². The van der Waals surface area contributed by atoms with Gasteiger partial charge in [-0.1, -0.05) is 35.9 Å². The highest BCUT2D eigenvalue weighted by Gasteiger charge is 2.14. The Morgan fingerprint density at radius 1 is 1.08 bits per heavy atom. The van der Waals surface area contributed by atoms with E-state index in [0.717, 1.165) is 15.7 Å². The van der Waals surface area contributed by atoms with E-state index in [1.807, 2.05) is 57.2 Å². The summed E-state index contributed by atoms with van der Waals surface area (Å²) in [6.07, 6.45) is 0. The molecule has 4 nitrogen and oxygen atoms in total. The first-order chi connectivity index (χ1) is 11.3. The average Bonchev–Trinajstić information content (AvgIpc) is 2.49. The van der Waals surface area contributed by atoms with Gasteiger partial charge in [0.15, 0.2) is 0 Å². The molecule has 128 valence electrons. The van der Waals surface area contributed by atoms with Crippen LogP contribution < -0.4 is 10.6 Å². The highest BCUT2D eigenvalue weighted by molar-refractivity contribution is 8.00. The molecule has 2 rings (SSSR count). The molecule has 24 heavy (non-hydrogen) atoms. The molecule has 0 saturated heterocycles. The van der Waals surface area contributed by atoms with Crippen LogP contribution in [0.1, 0.15) is 20.8 Å². The van der Waals surface area contributed by atoms with Gasteiger partial charge < -0.3 is 10.6 Å². The smallest absolute Gasteiger partial charge is 0.239 e. The SMILES string of the molecule is CC(C)(C)NC(=O)CNC(=O)CSc1cccc2cccc(Cl)c12. The lowest BCUT2D eigenvalue weighted by Crippen LogP contribution is -2.46. The number of thioether (sulfide) groups is 1. The minimum Gasteiger partial charge on any atom is -0.350 e. The Hall–Kier alpha value is -1.72. The maximum absolute atomic E-state index is 12.0. The third-order valence-corrected chi connectivity index (χ3v) is 4.51. The van der Waals surface area contributed by atoms with Crippen molar-refractivity contribution in [3.05, 3.63) is 41.4 Å². The first-order valence-corrected chi connectivity index (χ1v) is 9.00. The monoisotopic (exact) mass is 364 g/mol. The van der Waals surface area contributed by atoms with Crippen molar-refractivity contribution in [1.82, 2.24) is 10.6 Å². The van der Waals surface area contributed by atoms with Crippen LogP contribution in [0.15, 0.2) is 41.3 Å². The number of hydrogen-bond donors (Lipinski definition) is 2. The summed E-state index contributed by atoms with van der Waals surface area (Å²) >= 11 is 7.68. The van der Waals surface area contributed by atoms with Crippen molar-refractivity contribution in [3.8, 4) is 0 Å². The molecule has 0 spiro atoms. The Bertz CT molecular complexity index is 751. The van der Waals surface area contributed by atoms with Crippen LogP contribution in [0.2, 0.25) is 5.02 Å². The lowest BCUT2D eigenvalue weighted by atomic mass is 10.1. The number of nitrogens with one attached hydrogen (secondary N) is 2. The third-order valence-electron chi connectivity index (χ3n) is 3.13. The molecule has 0 atom stereocenters. The van der Waals surface area contributed by atoms with Crippen molar-refractivity contribution < 1.29 is 9.59 Å². The second-order valence-electron chi connectivity index (χ2n) is 6.46. The standard InChI is InChI=1S/C18H21ClN2O2S/c1-18(2,3)21-15(22)10-20-16(23)11-24-14-9-5-7-12-6-4-8-13(19)17(12)14/h4-9H,10-11H2,1-3H3,(H,20,23)(H,21,22).